The molecule has 1 atom stereocenters. The first-order valence-electron chi connectivity index (χ1n) is 6.98. The molecule has 0 saturated carbocycles. The van der Waals surface area contributed by atoms with E-state index in [1.165, 1.54) is 0 Å². The van der Waals surface area contributed by atoms with Crippen LogP contribution in [0.25, 0.3) is 0 Å². The van der Waals surface area contributed by atoms with Gasteiger partial charge in [-0.3, -0.25) is 0 Å². The molecule has 0 saturated heterocycles. The van der Waals surface area contributed by atoms with E-state index < -0.39 is 0 Å². The Balaban J connectivity index is 2.08. The lowest BCUT2D eigenvalue weighted by Crippen LogP contribution is -2.14. The Morgan fingerprint density at radius 2 is 1.67 bits per heavy atom. The topological polar surface area (TPSA) is 41.5 Å². The highest BCUT2D eigenvalue weighted by Gasteiger charge is 2.10. The minimum absolute atomic E-state index is 0.00696. The third kappa shape index (κ3) is 4.66. The normalized spacial score (nSPS) is 12.2. The first kappa shape index (κ1) is 15.7. The van der Waals surface area contributed by atoms with Gasteiger partial charge in [-0.05, 0) is 55.8 Å². The molecule has 112 valence electrons. The number of hydrogen-bond donors (Lipinski definition) is 2. The van der Waals surface area contributed by atoms with E-state index in [1.54, 1.807) is 0 Å². The van der Waals surface area contributed by atoms with E-state index in [-0.39, 0.29) is 18.8 Å². The number of benzene rings is 2. The van der Waals surface area contributed by atoms with Gasteiger partial charge in [-0.25, -0.2) is 0 Å². The number of aliphatic hydroxyl groups is 1. The van der Waals surface area contributed by atoms with Gasteiger partial charge in [0.25, 0.3) is 0 Å². The van der Waals surface area contributed by atoms with Gasteiger partial charge in [0.15, 0.2) is 0 Å². The second-order valence-electron chi connectivity index (χ2n) is 5.12. The van der Waals surface area contributed by atoms with E-state index in [2.05, 4.69) is 5.32 Å². The molecular weight excluding hydrogens is 286 g/mol. The summed E-state index contributed by atoms with van der Waals surface area (Å²) >= 11 is 5.87. The van der Waals surface area contributed by atoms with Crippen LogP contribution in [-0.2, 0) is 0 Å². The average Bonchev–Trinajstić information content (AvgIpc) is 2.47. The van der Waals surface area contributed by atoms with Gasteiger partial charge in [-0.1, -0.05) is 23.7 Å². The van der Waals surface area contributed by atoms with Crippen LogP contribution in [0.15, 0.2) is 48.5 Å². The zero-order valence-electron chi connectivity index (χ0n) is 12.2. The van der Waals surface area contributed by atoms with Crippen molar-refractivity contribution in [3.05, 3.63) is 59.1 Å². The summed E-state index contributed by atoms with van der Waals surface area (Å²) < 4.78 is 5.62. The molecule has 1 unspecified atom stereocenters. The molecule has 0 fully saturated rings. The molecular formula is C17H20ClNO2. The van der Waals surface area contributed by atoms with Gasteiger partial charge in [0.2, 0.25) is 0 Å². The van der Waals surface area contributed by atoms with Crippen LogP contribution in [-0.4, -0.2) is 17.8 Å². The minimum Gasteiger partial charge on any atom is -0.491 e. The van der Waals surface area contributed by atoms with E-state index in [0.29, 0.717) is 5.02 Å². The first-order chi connectivity index (χ1) is 10.1. The van der Waals surface area contributed by atoms with Crippen LogP contribution in [0.3, 0.4) is 0 Å². The van der Waals surface area contributed by atoms with Crippen molar-refractivity contribution in [3.8, 4) is 5.75 Å². The Morgan fingerprint density at radius 1 is 1.05 bits per heavy atom. The van der Waals surface area contributed by atoms with Gasteiger partial charge >= 0.3 is 0 Å². The van der Waals surface area contributed by atoms with Crippen molar-refractivity contribution in [3.63, 3.8) is 0 Å². The van der Waals surface area contributed by atoms with Crippen molar-refractivity contribution in [1.82, 2.24) is 0 Å². The minimum atomic E-state index is -0.167. The summed E-state index contributed by atoms with van der Waals surface area (Å²) in [6.07, 6.45) is 0.150. The Bertz CT molecular complexity index is 552. The molecule has 0 aliphatic heterocycles. The number of aliphatic hydroxyl groups excluding tert-OH is 1. The predicted molar refractivity (Wildman–Crippen MR) is 87.1 cm³/mol. The summed E-state index contributed by atoms with van der Waals surface area (Å²) in [7, 11) is 0. The number of anilines is 1. The molecule has 21 heavy (non-hydrogen) atoms. The van der Waals surface area contributed by atoms with Crippen LogP contribution in [0.1, 0.15) is 25.5 Å². The van der Waals surface area contributed by atoms with Gasteiger partial charge in [-0.2, -0.15) is 0 Å². The summed E-state index contributed by atoms with van der Waals surface area (Å²) in [6, 6.07) is 15.0. The lowest BCUT2D eigenvalue weighted by atomic mass is 10.1. The van der Waals surface area contributed by atoms with Gasteiger partial charge in [0.05, 0.1) is 18.8 Å². The van der Waals surface area contributed by atoms with Crippen molar-refractivity contribution in [2.75, 3.05) is 11.9 Å². The third-order valence-electron chi connectivity index (χ3n) is 3.02. The standard InChI is InChI=1S/C17H20ClNO2/c1-12(2)21-16-9-3-13(4-10-16)17(11-20)19-15-7-5-14(18)6-8-15/h3-10,12,17,19-20H,11H2,1-2H3. The number of hydrogen-bond acceptors (Lipinski definition) is 3. The molecule has 4 heteroatoms. The monoisotopic (exact) mass is 305 g/mol. The largest absolute Gasteiger partial charge is 0.491 e. The van der Waals surface area contributed by atoms with Gasteiger partial charge in [0.1, 0.15) is 5.75 Å². The second-order valence-corrected chi connectivity index (χ2v) is 5.56. The maximum atomic E-state index is 9.59. The smallest absolute Gasteiger partial charge is 0.119 e. The van der Waals surface area contributed by atoms with Crippen LogP contribution < -0.4 is 10.1 Å². The zero-order valence-corrected chi connectivity index (χ0v) is 13.0. The molecule has 0 radical (unpaired) electrons. The molecule has 3 nitrogen and oxygen atoms in total. The van der Waals surface area contributed by atoms with E-state index in [4.69, 9.17) is 16.3 Å². The SMILES string of the molecule is CC(C)Oc1ccc(C(CO)Nc2ccc(Cl)cc2)cc1. The van der Waals surface area contributed by atoms with Crippen molar-refractivity contribution in [2.24, 2.45) is 0 Å². The Hall–Kier alpha value is -1.71. The molecule has 0 bridgehead atoms. The van der Waals surface area contributed by atoms with Crippen LogP contribution in [0, 0.1) is 0 Å². The van der Waals surface area contributed by atoms with Crippen LogP contribution in [0.4, 0.5) is 5.69 Å². The summed E-state index contributed by atoms with van der Waals surface area (Å²) in [5.41, 5.74) is 1.92. The molecule has 0 aliphatic rings. The average molecular weight is 306 g/mol. The number of nitrogens with one attached hydrogen (secondary N) is 1. The van der Waals surface area contributed by atoms with Crippen LogP contribution in [0.2, 0.25) is 5.02 Å². The van der Waals surface area contributed by atoms with Crippen molar-refractivity contribution < 1.29 is 9.84 Å². The zero-order chi connectivity index (χ0) is 15.2. The summed E-state index contributed by atoms with van der Waals surface area (Å²) in [4.78, 5) is 0. The molecule has 2 N–H and O–H groups in total. The Labute approximate surface area is 130 Å². The second kappa shape index (κ2) is 7.34. The fourth-order valence-electron chi connectivity index (χ4n) is 2.03. The molecule has 0 aliphatic carbocycles. The molecule has 0 heterocycles. The van der Waals surface area contributed by atoms with Gasteiger partial charge < -0.3 is 15.2 Å². The van der Waals surface area contributed by atoms with Crippen molar-refractivity contribution >= 4 is 17.3 Å². The molecule has 0 amide bonds. The van der Waals surface area contributed by atoms with Gasteiger partial charge in [0, 0.05) is 10.7 Å². The fraction of sp³-hybridized carbons (Fsp3) is 0.294. The predicted octanol–water partition coefficient (Wildman–Crippen LogP) is 4.27. The lowest BCUT2D eigenvalue weighted by molar-refractivity contribution is 0.242. The maximum Gasteiger partial charge on any atom is 0.119 e. The summed E-state index contributed by atoms with van der Waals surface area (Å²) in [5, 5.41) is 13.6. The molecule has 2 rings (SSSR count). The summed E-state index contributed by atoms with van der Waals surface area (Å²) in [5.74, 6) is 0.830. The van der Waals surface area contributed by atoms with E-state index in [1.807, 2.05) is 62.4 Å². The number of rotatable bonds is 6. The maximum absolute atomic E-state index is 9.59. The highest BCUT2D eigenvalue weighted by atomic mass is 35.5. The van der Waals surface area contributed by atoms with Gasteiger partial charge in [-0.15, -0.1) is 0 Å². The van der Waals surface area contributed by atoms with Crippen molar-refractivity contribution in [1.29, 1.82) is 0 Å². The van der Waals surface area contributed by atoms with E-state index in [9.17, 15) is 5.11 Å². The van der Waals surface area contributed by atoms with E-state index in [0.717, 1.165) is 17.0 Å². The lowest BCUT2D eigenvalue weighted by Gasteiger charge is -2.19. The van der Waals surface area contributed by atoms with Crippen LogP contribution >= 0.6 is 11.6 Å². The fourth-order valence-corrected chi connectivity index (χ4v) is 2.16. The van der Waals surface area contributed by atoms with Crippen LogP contribution in [0.5, 0.6) is 5.75 Å². The quantitative estimate of drug-likeness (QED) is 0.837. The number of ether oxygens (including phenoxy) is 1. The molecule has 2 aromatic rings. The highest BCUT2D eigenvalue weighted by Crippen LogP contribution is 2.23. The summed E-state index contributed by atoms with van der Waals surface area (Å²) in [6.45, 7) is 3.99. The van der Waals surface area contributed by atoms with Crippen molar-refractivity contribution in [2.45, 2.75) is 26.0 Å². The Morgan fingerprint density at radius 3 is 2.19 bits per heavy atom. The van der Waals surface area contributed by atoms with E-state index >= 15 is 0 Å². The molecule has 0 aromatic heterocycles. The molecule has 0 spiro atoms. The third-order valence-corrected chi connectivity index (χ3v) is 3.27. The Kier molecular flexibility index (Phi) is 5.48. The highest BCUT2D eigenvalue weighted by molar-refractivity contribution is 6.30. The number of halogens is 1. The first-order valence-corrected chi connectivity index (χ1v) is 7.36. The molecule has 2 aromatic carbocycles.